The minimum atomic E-state index is -0.758. The highest BCUT2D eigenvalue weighted by molar-refractivity contribution is 5.78. The molecular weight excluding hydrogens is 298 g/mol. The Bertz CT molecular complexity index is 554. The van der Waals surface area contributed by atoms with Gasteiger partial charge in [0, 0.05) is 6.54 Å². The number of nitrogens with one attached hydrogen (secondary N) is 1. The van der Waals surface area contributed by atoms with Crippen molar-refractivity contribution in [1.82, 2.24) is 5.32 Å². The van der Waals surface area contributed by atoms with Gasteiger partial charge in [-0.1, -0.05) is 33.8 Å². The molecule has 0 aliphatic carbocycles. The van der Waals surface area contributed by atoms with Gasteiger partial charge in [0.25, 0.3) is 0 Å². The van der Waals surface area contributed by atoms with Crippen molar-refractivity contribution in [1.29, 1.82) is 0 Å². The van der Waals surface area contributed by atoms with E-state index >= 15 is 0 Å². The van der Waals surface area contributed by atoms with Crippen LogP contribution in [0.2, 0.25) is 0 Å². The van der Waals surface area contributed by atoms with Crippen molar-refractivity contribution in [2.75, 3.05) is 13.6 Å². The third-order valence-corrected chi connectivity index (χ3v) is 3.11. The van der Waals surface area contributed by atoms with Crippen LogP contribution in [0.1, 0.15) is 39.4 Å². The molecule has 0 radical (unpaired) electrons. The second-order valence-electron chi connectivity index (χ2n) is 5.93. The zero-order valence-corrected chi connectivity index (χ0v) is 14.3. The predicted molar refractivity (Wildman–Crippen MR) is 86.3 cm³/mol. The molecule has 0 amide bonds. The van der Waals surface area contributed by atoms with Crippen LogP contribution in [-0.4, -0.2) is 30.6 Å². The molecule has 1 aromatic carbocycles. The van der Waals surface area contributed by atoms with Crippen molar-refractivity contribution in [3.05, 3.63) is 23.8 Å². The number of hydrogen-bond acceptors (Lipinski definition) is 6. The summed E-state index contributed by atoms with van der Waals surface area (Å²) in [6.45, 7) is 7.20. The average molecular weight is 323 g/mol. The second kappa shape index (κ2) is 8.64. The third kappa shape index (κ3) is 5.65. The summed E-state index contributed by atoms with van der Waals surface area (Å²) in [7, 11) is 1.72. The maximum atomic E-state index is 11.9. The third-order valence-electron chi connectivity index (χ3n) is 3.11. The summed E-state index contributed by atoms with van der Waals surface area (Å²) in [6.07, 6.45) is -0.758. The van der Waals surface area contributed by atoms with Gasteiger partial charge in [-0.3, -0.25) is 9.59 Å². The average Bonchev–Trinajstić information content (AvgIpc) is 2.48. The van der Waals surface area contributed by atoms with Crippen LogP contribution >= 0.6 is 0 Å². The number of rotatable bonds is 7. The van der Waals surface area contributed by atoms with E-state index in [2.05, 4.69) is 5.32 Å². The Balaban J connectivity index is 3.12. The van der Waals surface area contributed by atoms with Crippen LogP contribution in [0.25, 0.3) is 0 Å². The van der Waals surface area contributed by atoms with Crippen LogP contribution in [0.4, 0.5) is 0 Å². The lowest BCUT2D eigenvalue weighted by Crippen LogP contribution is -2.19. The fraction of sp³-hybridized carbons (Fsp3) is 0.529. The van der Waals surface area contributed by atoms with Gasteiger partial charge >= 0.3 is 11.9 Å². The first-order valence-electron chi connectivity index (χ1n) is 7.66. The van der Waals surface area contributed by atoms with E-state index in [9.17, 15) is 14.7 Å². The van der Waals surface area contributed by atoms with Crippen LogP contribution in [0.5, 0.6) is 11.5 Å². The molecule has 0 unspecified atom stereocenters. The van der Waals surface area contributed by atoms with Crippen molar-refractivity contribution in [2.45, 2.75) is 33.8 Å². The van der Waals surface area contributed by atoms with Gasteiger partial charge in [-0.25, -0.2) is 0 Å². The molecule has 1 rings (SSSR count). The number of carbonyl (C=O) groups excluding carboxylic acids is 2. The fourth-order valence-electron chi connectivity index (χ4n) is 1.66. The molecule has 6 nitrogen and oxygen atoms in total. The lowest BCUT2D eigenvalue weighted by atomic mass is 10.1. The highest BCUT2D eigenvalue weighted by Crippen LogP contribution is 2.32. The molecule has 128 valence electrons. The first-order valence-corrected chi connectivity index (χ1v) is 7.66. The Kier molecular flexibility index (Phi) is 7.19. The van der Waals surface area contributed by atoms with Crippen LogP contribution in [0.3, 0.4) is 0 Å². The number of aliphatic hydroxyl groups is 1. The Morgan fingerprint density at radius 2 is 1.57 bits per heavy atom. The summed E-state index contributed by atoms with van der Waals surface area (Å²) >= 11 is 0. The van der Waals surface area contributed by atoms with E-state index in [0.717, 1.165) is 0 Å². The number of hydrogen-bond donors (Lipinski definition) is 2. The highest BCUT2D eigenvalue weighted by atomic mass is 16.6. The van der Waals surface area contributed by atoms with Crippen molar-refractivity contribution in [3.63, 3.8) is 0 Å². The Morgan fingerprint density at radius 1 is 1.04 bits per heavy atom. The van der Waals surface area contributed by atoms with Gasteiger partial charge in [0.15, 0.2) is 11.5 Å². The lowest BCUT2D eigenvalue weighted by Gasteiger charge is -2.16. The van der Waals surface area contributed by atoms with Crippen LogP contribution < -0.4 is 14.8 Å². The van der Waals surface area contributed by atoms with Crippen LogP contribution in [-0.2, 0) is 9.59 Å². The number of benzene rings is 1. The molecule has 23 heavy (non-hydrogen) atoms. The molecule has 0 aliphatic rings. The van der Waals surface area contributed by atoms with Gasteiger partial charge in [0.05, 0.1) is 17.9 Å². The number of aliphatic hydroxyl groups excluding tert-OH is 1. The maximum absolute atomic E-state index is 11.9. The molecule has 0 aliphatic heterocycles. The van der Waals surface area contributed by atoms with Gasteiger partial charge in [-0.15, -0.1) is 0 Å². The standard InChI is InChI=1S/C17H25NO5/c1-10(2)16(20)22-14-7-6-12(13(19)9-18-5)8-15(14)23-17(21)11(3)4/h6-8,10-11,13,18-19H,9H2,1-5H3/t13-/m0/s1. The Labute approximate surface area is 136 Å². The van der Waals surface area contributed by atoms with E-state index in [-0.39, 0.29) is 23.3 Å². The van der Waals surface area contributed by atoms with Gasteiger partial charge < -0.3 is 19.9 Å². The molecule has 0 aromatic heterocycles. The minimum Gasteiger partial charge on any atom is -0.422 e. The molecule has 0 saturated heterocycles. The molecular formula is C17H25NO5. The van der Waals surface area contributed by atoms with Crippen molar-refractivity contribution >= 4 is 11.9 Å². The van der Waals surface area contributed by atoms with E-state index in [1.54, 1.807) is 40.8 Å². The summed E-state index contributed by atoms with van der Waals surface area (Å²) < 4.78 is 10.6. The van der Waals surface area contributed by atoms with Crippen LogP contribution in [0, 0.1) is 11.8 Å². The van der Waals surface area contributed by atoms with Crippen molar-refractivity contribution in [3.8, 4) is 11.5 Å². The van der Waals surface area contributed by atoms with E-state index in [0.29, 0.717) is 12.1 Å². The largest absolute Gasteiger partial charge is 0.422 e. The molecule has 0 fully saturated rings. The molecule has 0 saturated carbocycles. The monoisotopic (exact) mass is 323 g/mol. The molecule has 1 atom stereocenters. The molecule has 2 N–H and O–H groups in total. The highest BCUT2D eigenvalue weighted by Gasteiger charge is 2.19. The zero-order valence-electron chi connectivity index (χ0n) is 14.3. The lowest BCUT2D eigenvalue weighted by molar-refractivity contribution is -0.140. The summed E-state index contributed by atoms with van der Waals surface area (Å²) in [4.78, 5) is 23.6. The summed E-state index contributed by atoms with van der Waals surface area (Å²) in [5, 5.41) is 12.9. The summed E-state index contributed by atoms with van der Waals surface area (Å²) in [5.74, 6) is -1.20. The second-order valence-corrected chi connectivity index (χ2v) is 5.93. The number of esters is 2. The van der Waals surface area contributed by atoms with Gasteiger partial charge in [0.2, 0.25) is 0 Å². The molecule has 0 spiro atoms. The molecule has 0 bridgehead atoms. The smallest absolute Gasteiger partial charge is 0.313 e. The van der Waals surface area contributed by atoms with Crippen LogP contribution in [0.15, 0.2) is 18.2 Å². The number of carbonyl (C=O) groups is 2. The normalized spacial score (nSPS) is 12.3. The van der Waals surface area contributed by atoms with Gasteiger partial charge in [-0.2, -0.15) is 0 Å². The summed E-state index contributed by atoms with van der Waals surface area (Å²) in [5.41, 5.74) is 0.565. The number of likely N-dealkylation sites (N-methyl/N-ethyl adjacent to an activating group) is 1. The summed E-state index contributed by atoms with van der Waals surface area (Å²) in [6, 6.07) is 4.68. The Morgan fingerprint density at radius 3 is 2.04 bits per heavy atom. The number of ether oxygens (including phenoxy) is 2. The fourth-order valence-corrected chi connectivity index (χ4v) is 1.66. The van der Waals surface area contributed by atoms with Crippen molar-refractivity contribution in [2.24, 2.45) is 11.8 Å². The molecule has 6 heteroatoms. The predicted octanol–water partition coefficient (Wildman–Crippen LogP) is 2.06. The Hall–Kier alpha value is -1.92. The van der Waals surface area contributed by atoms with E-state index in [1.165, 1.54) is 12.1 Å². The quantitative estimate of drug-likeness (QED) is 0.590. The zero-order chi connectivity index (χ0) is 17.6. The maximum Gasteiger partial charge on any atom is 0.313 e. The SMILES string of the molecule is CNC[C@H](O)c1ccc(OC(=O)C(C)C)c(OC(=O)C(C)C)c1. The van der Waals surface area contributed by atoms with Crippen molar-refractivity contribution < 1.29 is 24.2 Å². The first-order chi connectivity index (χ1) is 10.8. The molecule has 0 heterocycles. The van der Waals surface area contributed by atoms with E-state index in [4.69, 9.17) is 9.47 Å². The molecule has 1 aromatic rings. The van der Waals surface area contributed by atoms with Gasteiger partial charge in [-0.05, 0) is 24.7 Å². The van der Waals surface area contributed by atoms with E-state index in [1.807, 2.05) is 0 Å². The minimum absolute atomic E-state index is 0.130. The topological polar surface area (TPSA) is 84.9 Å². The van der Waals surface area contributed by atoms with E-state index < -0.39 is 18.0 Å². The van der Waals surface area contributed by atoms with Gasteiger partial charge in [0.1, 0.15) is 0 Å². The first kappa shape index (κ1) is 19.1.